The van der Waals surface area contributed by atoms with Crippen molar-refractivity contribution in [3.05, 3.63) is 33.4 Å². The molecule has 15 heavy (non-hydrogen) atoms. The van der Waals surface area contributed by atoms with E-state index in [-0.39, 0.29) is 0 Å². The molecule has 0 aliphatic rings. The van der Waals surface area contributed by atoms with Crippen molar-refractivity contribution in [2.75, 3.05) is 0 Å². The van der Waals surface area contributed by atoms with Crippen LogP contribution in [0.15, 0.2) is 22.7 Å². The largest absolute Gasteiger partial charge is 0.329 e. The molecule has 0 atom stereocenters. The maximum atomic E-state index is 6.33. The van der Waals surface area contributed by atoms with E-state index in [2.05, 4.69) is 59.5 Å². The molecular weight excluding hydrogens is 273 g/mol. The summed E-state index contributed by atoms with van der Waals surface area (Å²) in [6.07, 6.45) is 0. The Morgan fingerprint density at radius 3 is 2.60 bits per heavy atom. The molecule has 0 aliphatic carbocycles. The second-order valence-corrected chi connectivity index (χ2v) is 5.31. The van der Waals surface area contributed by atoms with Gasteiger partial charge >= 0.3 is 0 Å². The number of hydrogen-bond donors (Lipinski definition) is 0. The van der Waals surface area contributed by atoms with Gasteiger partial charge in [-0.05, 0) is 38.5 Å². The molecular formula is C12H13BrClN. The minimum Gasteiger partial charge on any atom is -0.329 e. The molecule has 0 amide bonds. The minimum atomic E-state index is 0.378. The Morgan fingerprint density at radius 1 is 1.33 bits per heavy atom. The Labute approximate surface area is 103 Å². The first-order chi connectivity index (χ1) is 7.02. The van der Waals surface area contributed by atoms with Gasteiger partial charge in [0.15, 0.2) is 0 Å². The van der Waals surface area contributed by atoms with Crippen LogP contribution in [0.3, 0.4) is 0 Å². The summed E-state index contributed by atoms with van der Waals surface area (Å²) in [7, 11) is 0. The van der Waals surface area contributed by atoms with Gasteiger partial charge in [0.2, 0.25) is 0 Å². The lowest BCUT2D eigenvalue weighted by molar-refractivity contribution is 0.622. The van der Waals surface area contributed by atoms with E-state index in [9.17, 15) is 0 Å². The molecule has 0 saturated carbocycles. The van der Waals surface area contributed by atoms with Gasteiger partial charge in [-0.1, -0.05) is 33.6 Å². The van der Waals surface area contributed by atoms with Crippen molar-refractivity contribution in [2.24, 2.45) is 0 Å². The molecule has 0 bridgehead atoms. The fraction of sp³-hybridized carbons (Fsp3) is 0.333. The summed E-state index contributed by atoms with van der Waals surface area (Å²) in [5.41, 5.74) is 2.36. The van der Waals surface area contributed by atoms with E-state index in [0.29, 0.717) is 6.04 Å². The van der Waals surface area contributed by atoms with Crippen molar-refractivity contribution in [2.45, 2.75) is 26.8 Å². The average molecular weight is 287 g/mol. The van der Waals surface area contributed by atoms with Gasteiger partial charge in [-0.25, -0.2) is 0 Å². The monoisotopic (exact) mass is 285 g/mol. The molecule has 1 heterocycles. The van der Waals surface area contributed by atoms with Crippen LogP contribution in [-0.4, -0.2) is 4.57 Å². The Morgan fingerprint density at radius 2 is 2.00 bits per heavy atom. The SMILES string of the molecule is Cc1c(Cl)n(C(C)C)c2cc(Br)ccc12. The van der Waals surface area contributed by atoms with Gasteiger partial charge in [-0.3, -0.25) is 0 Å². The van der Waals surface area contributed by atoms with Crippen LogP contribution < -0.4 is 0 Å². The van der Waals surface area contributed by atoms with Crippen LogP contribution in [0.25, 0.3) is 10.9 Å². The summed E-state index contributed by atoms with van der Waals surface area (Å²) >= 11 is 9.82. The van der Waals surface area contributed by atoms with Gasteiger partial charge in [0.1, 0.15) is 5.15 Å². The minimum absolute atomic E-state index is 0.378. The number of nitrogens with zero attached hydrogens (tertiary/aromatic N) is 1. The highest BCUT2D eigenvalue weighted by Crippen LogP contribution is 2.33. The quantitative estimate of drug-likeness (QED) is 0.699. The standard InChI is InChI=1S/C12H13BrClN/c1-7(2)15-11-6-9(13)4-5-10(11)8(3)12(15)14/h4-7H,1-3H3. The number of aryl methyl sites for hydroxylation is 1. The van der Waals surface area contributed by atoms with Gasteiger partial charge in [0, 0.05) is 15.9 Å². The summed E-state index contributed by atoms with van der Waals surface area (Å²) in [5.74, 6) is 0. The van der Waals surface area contributed by atoms with Crippen molar-refractivity contribution in [3.8, 4) is 0 Å². The van der Waals surface area contributed by atoms with Crippen molar-refractivity contribution in [3.63, 3.8) is 0 Å². The van der Waals surface area contributed by atoms with E-state index in [0.717, 1.165) is 15.2 Å². The van der Waals surface area contributed by atoms with Crippen molar-refractivity contribution >= 4 is 38.4 Å². The van der Waals surface area contributed by atoms with E-state index in [4.69, 9.17) is 11.6 Å². The number of hydrogen-bond acceptors (Lipinski definition) is 0. The Hall–Kier alpha value is -0.470. The first kappa shape index (κ1) is 11.0. The fourth-order valence-corrected chi connectivity index (χ4v) is 2.66. The second-order valence-electron chi connectivity index (χ2n) is 4.04. The molecule has 3 heteroatoms. The number of rotatable bonds is 1. The Bertz CT molecular complexity index is 514. The molecule has 1 aromatic heterocycles. The first-order valence-electron chi connectivity index (χ1n) is 4.98. The van der Waals surface area contributed by atoms with E-state index >= 15 is 0 Å². The van der Waals surface area contributed by atoms with Gasteiger partial charge in [0.25, 0.3) is 0 Å². The van der Waals surface area contributed by atoms with Crippen molar-refractivity contribution in [1.82, 2.24) is 4.57 Å². The van der Waals surface area contributed by atoms with E-state index in [1.165, 1.54) is 10.9 Å². The lowest BCUT2D eigenvalue weighted by Crippen LogP contribution is -1.99. The van der Waals surface area contributed by atoms with Gasteiger partial charge in [-0.2, -0.15) is 0 Å². The third kappa shape index (κ3) is 1.70. The molecule has 1 aromatic carbocycles. The Balaban J connectivity index is 2.88. The van der Waals surface area contributed by atoms with Crippen LogP contribution in [0.2, 0.25) is 5.15 Å². The maximum Gasteiger partial charge on any atom is 0.113 e. The topological polar surface area (TPSA) is 4.93 Å². The first-order valence-corrected chi connectivity index (χ1v) is 6.15. The van der Waals surface area contributed by atoms with Crippen LogP contribution in [0.1, 0.15) is 25.5 Å². The molecule has 0 radical (unpaired) electrons. The lowest BCUT2D eigenvalue weighted by atomic mass is 10.2. The van der Waals surface area contributed by atoms with Crippen LogP contribution >= 0.6 is 27.5 Å². The molecule has 2 rings (SSSR count). The van der Waals surface area contributed by atoms with E-state index in [1.54, 1.807) is 0 Å². The molecule has 0 N–H and O–H groups in total. The lowest BCUT2D eigenvalue weighted by Gasteiger charge is -2.11. The van der Waals surface area contributed by atoms with Gasteiger partial charge < -0.3 is 4.57 Å². The predicted molar refractivity (Wildman–Crippen MR) is 69.8 cm³/mol. The van der Waals surface area contributed by atoms with E-state index in [1.807, 2.05) is 0 Å². The average Bonchev–Trinajstić information content (AvgIpc) is 2.39. The van der Waals surface area contributed by atoms with Gasteiger partial charge in [0.05, 0.1) is 5.52 Å². The molecule has 2 aromatic rings. The molecule has 80 valence electrons. The molecule has 1 nitrogen and oxygen atoms in total. The smallest absolute Gasteiger partial charge is 0.113 e. The summed E-state index contributed by atoms with van der Waals surface area (Å²) in [6.45, 7) is 6.36. The van der Waals surface area contributed by atoms with Crippen molar-refractivity contribution < 1.29 is 0 Å². The highest BCUT2D eigenvalue weighted by atomic mass is 79.9. The number of halogens is 2. The Kier molecular flexibility index (Phi) is 2.82. The maximum absolute atomic E-state index is 6.33. The van der Waals surface area contributed by atoms with Crippen molar-refractivity contribution in [1.29, 1.82) is 0 Å². The predicted octanol–water partition coefficient (Wildman–Crippen LogP) is 4.95. The highest BCUT2D eigenvalue weighted by molar-refractivity contribution is 9.10. The number of aromatic nitrogens is 1. The number of fused-ring (bicyclic) bond motifs is 1. The summed E-state index contributed by atoms with van der Waals surface area (Å²) in [4.78, 5) is 0. The molecule has 0 aliphatic heterocycles. The molecule has 0 saturated heterocycles. The zero-order valence-electron chi connectivity index (χ0n) is 9.01. The van der Waals surface area contributed by atoms with Crippen LogP contribution in [-0.2, 0) is 0 Å². The molecule has 0 spiro atoms. The third-order valence-corrected chi connectivity index (χ3v) is 3.62. The highest BCUT2D eigenvalue weighted by Gasteiger charge is 2.14. The summed E-state index contributed by atoms with van der Waals surface area (Å²) in [6, 6.07) is 6.66. The zero-order chi connectivity index (χ0) is 11.2. The third-order valence-electron chi connectivity index (χ3n) is 2.66. The fourth-order valence-electron chi connectivity index (χ4n) is 1.92. The van der Waals surface area contributed by atoms with Gasteiger partial charge in [-0.15, -0.1) is 0 Å². The van der Waals surface area contributed by atoms with Crippen LogP contribution in [0.4, 0.5) is 0 Å². The summed E-state index contributed by atoms with van der Waals surface area (Å²) < 4.78 is 3.25. The second kappa shape index (κ2) is 3.84. The zero-order valence-corrected chi connectivity index (χ0v) is 11.4. The number of benzene rings is 1. The summed E-state index contributed by atoms with van der Waals surface area (Å²) in [5, 5.41) is 2.08. The molecule has 0 unspecified atom stereocenters. The van der Waals surface area contributed by atoms with E-state index < -0.39 is 0 Å². The molecule has 0 fully saturated rings. The normalized spacial score (nSPS) is 11.6. The van der Waals surface area contributed by atoms with Crippen LogP contribution in [0, 0.1) is 6.92 Å². The van der Waals surface area contributed by atoms with Crippen LogP contribution in [0.5, 0.6) is 0 Å².